The first-order valence-corrected chi connectivity index (χ1v) is 5.10. The van der Waals surface area contributed by atoms with Crippen LogP contribution in [0.5, 0.6) is 0 Å². The van der Waals surface area contributed by atoms with Crippen molar-refractivity contribution in [1.29, 1.82) is 0 Å². The molecule has 2 atom stereocenters. The summed E-state index contributed by atoms with van der Waals surface area (Å²) in [6.07, 6.45) is 2.31. The topological polar surface area (TPSA) is 46.5 Å². The molecule has 0 aromatic carbocycles. The fraction of sp³-hybridized carbons (Fsp3) is 0.909. The normalized spacial score (nSPS) is 36.7. The van der Waals surface area contributed by atoms with Gasteiger partial charge in [0.25, 0.3) is 0 Å². The molecular formula is C11H20O3. The van der Waals surface area contributed by atoms with E-state index in [0.717, 1.165) is 6.42 Å². The van der Waals surface area contributed by atoms with E-state index in [1.54, 1.807) is 0 Å². The Labute approximate surface area is 85.5 Å². The number of hydrogen-bond donors (Lipinski definition) is 1. The fourth-order valence-corrected chi connectivity index (χ4v) is 2.90. The number of rotatable bonds is 2. The van der Waals surface area contributed by atoms with Crippen LogP contribution in [-0.4, -0.2) is 23.8 Å². The Morgan fingerprint density at radius 2 is 2.00 bits per heavy atom. The maximum Gasteiger partial charge on any atom is 0.335 e. The third-order valence-corrected chi connectivity index (χ3v) is 3.12. The van der Waals surface area contributed by atoms with Crippen LogP contribution in [-0.2, 0) is 9.53 Å². The standard InChI is InChI=1S/C11H20O3/c1-8-5-10(2,3)7-11(6-8,14-4)9(12)13/h8H,5-7H2,1-4H3,(H,12,13). The second-order valence-corrected chi connectivity index (χ2v) is 5.36. The average Bonchev–Trinajstić information content (AvgIpc) is 2.00. The van der Waals surface area contributed by atoms with Gasteiger partial charge in [0.15, 0.2) is 5.60 Å². The Morgan fingerprint density at radius 3 is 2.36 bits per heavy atom. The summed E-state index contributed by atoms with van der Waals surface area (Å²) in [5, 5.41) is 9.21. The average molecular weight is 200 g/mol. The van der Waals surface area contributed by atoms with Gasteiger partial charge in [-0.1, -0.05) is 20.8 Å². The lowest BCUT2D eigenvalue weighted by molar-refractivity contribution is -0.174. The SMILES string of the molecule is COC1(C(=O)O)CC(C)CC(C)(C)C1. The number of carboxylic acids is 1. The lowest BCUT2D eigenvalue weighted by atomic mass is 9.66. The zero-order valence-electron chi connectivity index (χ0n) is 9.46. The first-order chi connectivity index (χ1) is 6.31. The van der Waals surface area contributed by atoms with E-state index in [4.69, 9.17) is 4.74 Å². The van der Waals surface area contributed by atoms with Crippen molar-refractivity contribution in [2.75, 3.05) is 7.11 Å². The van der Waals surface area contributed by atoms with Gasteiger partial charge >= 0.3 is 5.97 Å². The van der Waals surface area contributed by atoms with Gasteiger partial charge in [-0.3, -0.25) is 0 Å². The minimum Gasteiger partial charge on any atom is -0.479 e. The van der Waals surface area contributed by atoms with Crippen LogP contribution in [0.1, 0.15) is 40.0 Å². The Kier molecular flexibility index (Phi) is 2.91. The summed E-state index contributed by atoms with van der Waals surface area (Å²) < 4.78 is 5.25. The summed E-state index contributed by atoms with van der Waals surface area (Å²) in [6, 6.07) is 0. The maximum atomic E-state index is 11.2. The van der Waals surface area contributed by atoms with Crippen LogP contribution in [0.3, 0.4) is 0 Å². The van der Waals surface area contributed by atoms with Crippen molar-refractivity contribution in [3.8, 4) is 0 Å². The summed E-state index contributed by atoms with van der Waals surface area (Å²) in [6.45, 7) is 6.32. The molecule has 0 saturated heterocycles. The van der Waals surface area contributed by atoms with Gasteiger partial charge in [-0.25, -0.2) is 4.79 Å². The molecule has 2 unspecified atom stereocenters. The number of carboxylic acid groups (broad SMARTS) is 1. The second kappa shape index (κ2) is 3.54. The number of hydrogen-bond acceptors (Lipinski definition) is 2. The predicted octanol–water partition coefficient (Wildman–Crippen LogP) is 2.30. The summed E-state index contributed by atoms with van der Waals surface area (Å²) in [5.41, 5.74) is -0.896. The number of carbonyl (C=O) groups is 1. The molecule has 1 aliphatic rings. The van der Waals surface area contributed by atoms with Crippen molar-refractivity contribution in [2.45, 2.75) is 45.6 Å². The Balaban J connectivity index is 2.92. The molecule has 1 fully saturated rings. The van der Waals surface area contributed by atoms with E-state index >= 15 is 0 Å². The molecule has 1 aliphatic carbocycles. The van der Waals surface area contributed by atoms with Gasteiger partial charge in [-0.15, -0.1) is 0 Å². The van der Waals surface area contributed by atoms with E-state index in [9.17, 15) is 9.90 Å². The minimum absolute atomic E-state index is 0.0616. The van der Waals surface area contributed by atoms with E-state index in [1.165, 1.54) is 7.11 Å². The van der Waals surface area contributed by atoms with E-state index in [1.807, 2.05) is 0 Å². The molecule has 1 N–H and O–H groups in total. The quantitative estimate of drug-likeness (QED) is 0.744. The molecule has 0 spiro atoms. The maximum absolute atomic E-state index is 11.2. The monoisotopic (exact) mass is 200 g/mol. The summed E-state index contributed by atoms with van der Waals surface area (Å²) in [7, 11) is 1.50. The zero-order valence-corrected chi connectivity index (χ0v) is 9.46. The van der Waals surface area contributed by atoms with Crippen LogP contribution in [0, 0.1) is 11.3 Å². The van der Waals surface area contributed by atoms with Crippen LogP contribution < -0.4 is 0 Å². The van der Waals surface area contributed by atoms with Gasteiger partial charge in [0, 0.05) is 7.11 Å². The second-order valence-electron chi connectivity index (χ2n) is 5.36. The molecule has 0 radical (unpaired) electrons. The number of aliphatic carboxylic acids is 1. The van der Waals surface area contributed by atoms with Crippen molar-refractivity contribution >= 4 is 5.97 Å². The molecule has 3 nitrogen and oxygen atoms in total. The molecule has 0 aliphatic heterocycles. The van der Waals surface area contributed by atoms with Gasteiger partial charge in [-0.05, 0) is 30.6 Å². The molecule has 0 heterocycles. The summed E-state index contributed by atoms with van der Waals surface area (Å²) in [5.74, 6) is -0.408. The molecule has 0 amide bonds. The molecule has 1 saturated carbocycles. The largest absolute Gasteiger partial charge is 0.479 e. The van der Waals surface area contributed by atoms with Crippen molar-refractivity contribution in [3.05, 3.63) is 0 Å². The minimum atomic E-state index is -0.957. The Hall–Kier alpha value is -0.570. The van der Waals surface area contributed by atoms with E-state index < -0.39 is 11.6 Å². The van der Waals surface area contributed by atoms with E-state index in [0.29, 0.717) is 18.8 Å². The molecule has 0 aromatic heterocycles. The van der Waals surface area contributed by atoms with E-state index in [-0.39, 0.29) is 5.41 Å². The smallest absolute Gasteiger partial charge is 0.335 e. The molecular weight excluding hydrogens is 180 g/mol. The van der Waals surface area contributed by atoms with E-state index in [2.05, 4.69) is 20.8 Å². The first-order valence-electron chi connectivity index (χ1n) is 5.10. The van der Waals surface area contributed by atoms with Crippen molar-refractivity contribution in [1.82, 2.24) is 0 Å². The summed E-state index contributed by atoms with van der Waals surface area (Å²) in [4.78, 5) is 11.2. The van der Waals surface area contributed by atoms with Gasteiger partial charge in [0.05, 0.1) is 0 Å². The van der Waals surface area contributed by atoms with Crippen LogP contribution >= 0.6 is 0 Å². The Morgan fingerprint density at radius 1 is 1.43 bits per heavy atom. The zero-order chi connectivity index (χ0) is 11.0. The fourth-order valence-electron chi connectivity index (χ4n) is 2.90. The van der Waals surface area contributed by atoms with Crippen LogP contribution in [0.25, 0.3) is 0 Å². The molecule has 3 heteroatoms. The highest BCUT2D eigenvalue weighted by molar-refractivity contribution is 5.77. The highest BCUT2D eigenvalue weighted by Crippen LogP contribution is 2.45. The molecule has 0 bridgehead atoms. The molecule has 82 valence electrons. The van der Waals surface area contributed by atoms with Crippen molar-refractivity contribution in [2.24, 2.45) is 11.3 Å². The lowest BCUT2D eigenvalue weighted by Gasteiger charge is -2.44. The first kappa shape index (κ1) is 11.5. The highest BCUT2D eigenvalue weighted by atomic mass is 16.5. The number of methoxy groups -OCH3 is 1. The van der Waals surface area contributed by atoms with Crippen LogP contribution in [0.2, 0.25) is 0 Å². The van der Waals surface area contributed by atoms with Gasteiger partial charge in [0.2, 0.25) is 0 Å². The number of ether oxygens (including phenoxy) is 1. The lowest BCUT2D eigenvalue weighted by Crippen LogP contribution is -2.49. The third kappa shape index (κ3) is 2.08. The predicted molar refractivity (Wildman–Crippen MR) is 54.2 cm³/mol. The summed E-state index contributed by atoms with van der Waals surface area (Å²) >= 11 is 0. The van der Waals surface area contributed by atoms with Crippen molar-refractivity contribution in [3.63, 3.8) is 0 Å². The van der Waals surface area contributed by atoms with Gasteiger partial charge in [0.1, 0.15) is 0 Å². The third-order valence-electron chi connectivity index (χ3n) is 3.12. The van der Waals surface area contributed by atoms with Crippen LogP contribution in [0.4, 0.5) is 0 Å². The highest BCUT2D eigenvalue weighted by Gasteiger charge is 2.48. The van der Waals surface area contributed by atoms with Gasteiger partial charge in [-0.2, -0.15) is 0 Å². The Bertz CT molecular complexity index is 235. The van der Waals surface area contributed by atoms with Crippen molar-refractivity contribution < 1.29 is 14.6 Å². The molecule has 1 rings (SSSR count). The molecule has 0 aromatic rings. The van der Waals surface area contributed by atoms with Crippen LogP contribution in [0.15, 0.2) is 0 Å². The van der Waals surface area contributed by atoms with Gasteiger partial charge < -0.3 is 9.84 Å². The molecule has 14 heavy (non-hydrogen) atoms.